The summed E-state index contributed by atoms with van der Waals surface area (Å²) in [5, 5.41) is 9.22. The van der Waals surface area contributed by atoms with Gasteiger partial charge in [0.1, 0.15) is 0 Å². The molecule has 0 rings (SSSR count). The van der Waals surface area contributed by atoms with Crippen LogP contribution in [0.2, 0.25) is 0 Å². The molecule has 0 aromatic carbocycles. The Kier molecular flexibility index (Phi) is 23.6. The number of aliphatic hydroxyl groups is 1. The van der Waals surface area contributed by atoms with E-state index in [1.807, 2.05) is 0 Å². The monoisotopic (exact) mass is 430 g/mol. The maximum Gasteiger partial charge on any atom is 1.00 e. The summed E-state index contributed by atoms with van der Waals surface area (Å²) < 4.78 is 34.4. The molecule has 0 aliphatic carbocycles. The van der Waals surface area contributed by atoms with Crippen molar-refractivity contribution in [3.63, 3.8) is 0 Å². The summed E-state index contributed by atoms with van der Waals surface area (Å²) in [6.45, 7) is 4.36. The summed E-state index contributed by atoms with van der Waals surface area (Å²) >= 11 is 0. The molecule has 0 aromatic rings. The SMILES string of the molecule is CCCCCCCCCC(CCCCC(O)CCCCCC)S(=O)(=O)[O-].[K+]. The first-order chi connectivity index (χ1) is 12.4. The quantitative estimate of drug-likeness (QED) is 0.194. The second-order valence-electron chi connectivity index (χ2n) is 7.81. The Hall–Kier alpha value is 1.51. The van der Waals surface area contributed by atoms with E-state index in [4.69, 9.17) is 0 Å². The van der Waals surface area contributed by atoms with Crippen LogP contribution in [0.15, 0.2) is 0 Å². The average molecular weight is 431 g/mol. The first-order valence-electron chi connectivity index (χ1n) is 11.0. The molecular weight excluding hydrogens is 387 g/mol. The second kappa shape index (κ2) is 20.8. The fourth-order valence-electron chi connectivity index (χ4n) is 3.47. The van der Waals surface area contributed by atoms with Gasteiger partial charge in [-0.2, -0.15) is 0 Å². The molecule has 0 radical (unpaired) electrons. The molecule has 27 heavy (non-hydrogen) atoms. The molecule has 0 bridgehead atoms. The Labute approximate surface area is 211 Å². The largest absolute Gasteiger partial charge is 1.00 e. The summed E-state index contributed by atoms with van der Waals surface area (Å²) in [7, 11) is -4.20. The van der Waals surface area contributed by atoms with Gasteiger partial charge in [0.2, 0.25) is 0 Å². The van der Waals surface area contributed by atoms with Crippen LogP contribution in [0.3, 0.4) is 0 Å². The normalized spacial score (nSPS) is 13.9. The van der Waals surface area contributed by atoms with Crippen LogP contribution in [0.25, 0.3) is 0 Å². The summed E-state index contributed by atoms with van der Waals surface area (Å²) in [6, 6.07) is 0. The van der Waals surface area contributed by atoms with Crippen LogP contribution >= 0.6 is 0 Å². The van der Waals surface area contributed by atoms with E-state index in [-0.39, 0.29) is 57.5 Å². The van der Waals surface area contributed by atoms with E-state index in [1.54, 1.807) is 0 Å². The van der Waals surface area contributed by atoms with Gasteiger partial charge >= 0.3 is 51.4 Å². The number of hydrogen-bond acceptors (Lipinski definition) is 4. The first kappa shape index (κ1) is 30.7. The van der Waals surface area contributed by atoms with Gasteiger partial charge in [0.25, 0.3) is 0 Å². The zero-order valence-corrected chi connectivity index (χ0v) is 22.2. The third kappa shape index (κ3) is 20.6. The van der Waals surface area contributed by atoms with Crippen molar-refractivity contribution in [2.45, 2.75) is 134 Å². The Bertz CT molecular complexity index is 401. The molecule has 0 saturated carbocycles. The van der Waals surface area contributed by atoms with E-state index in [2.05, 4.69) is 13.8 Å². The second-order valence-corrected chi connectivity index (χ2v) is 9.46. The van der Waals surface area contributed by atoms with Gasteiger partial charge in [-0.05, 0) is 25.7 Å². The molecule has 2 atom stereocenters. The van der Waals surface area contributed by atoms with E-state index in [0.717, 1.165) is 44.9 Å². The van der Waals surface area contributed by atoms with Crippen LogP contribution in [0.1, 0.15) is 123 Å². The van der Waals surface area contributed by atoms with Gasteiger partial charge in [0.15, 0.2) is 0 Å². The van der Waals surface area contributed by atoms with E-state index in [1.165, 1.54) is 44.9 Å². The molecule has 0 saturated heterocycles. The van der Waals surface area contributed by atoms with Crippen molar-refractivity contribution in [3.8, 4) is 0 Å². The van der Waals surface area contributed by atoms with Crippen molar-refractivity contribution in [1.29, 1.82) is 0 Å². The molecule has 158 valence electrons. The van der Waals surface area contributed by atoms with Crippen molar-refractivity contribution < 1.29 is 69.5 Å². The molecule has 0 aromatic heterocycles. The topological polar surface area (TPSA) is 77.4 Å². The number of hydrogen-bond donors (Lipinski definition) is 1. The van der Waals surface area contributed by atoms with Crippen LogP contribution in [-0.4, -0.2) is 29.4 Å². The van der Waals surface area contributed by atoms with E-state index >= 15 is 0 Å². The molecule has 0 heterocycles. The van der Waals surface area contributed by atoms with Crippen LogP contribution in [0.5, 0.6) is 0 Å². The molecular formula is C21H43KO4S. The minimum atomic E-state index is -4.20. The van der Waals surface area contributed by atoms with Gasteiger partial charge in [0.05, 0.1) is 16.2 Å². The fraction of sp³-hybridized carbons (Fsp3) is 1.00. The molecule has 0 aliphatic heterocycles. The molecule has 4 nitrogen and oxygen atoms in total. The van der Waals surface area contributed by atoms with E-state index in [0.29, 0.717) is 19.3 Å². The maximum atomic E-state index is 11.5. The van der Waals surface area contributed by atoms with Crippen LogP contribution in [0, 0.1) is 0 Å². The number of unbranched alkanes of at least 4 members (excludes halogenated alkanes) is 10. The summed E-state index contributed by atoms with van der Waals surface area (Å²) in [4.78, 5) is 0. The zero-order chi connectivity index (χ0) is 19.7. The third-order valence-electron chi connectivity index (χ3n) is 5.24. The minimum absolute atomic E-state index is 0. The fourth-order valence-corrected chi connectivity index (χ4v) is 4.38. The van der Waals surface area contributed by atoms with Gasteiger partial charge in [-0.1, -0.05) is 97.3 Å². The molecule has 1 N–H and O–H groups in total. The van der Waals surface area contributed by atoms with Gasteiger partial charge in [-0.15, -0.1) is 0 Å². The molecule has 2 unspecified atom stereocenters. The predicted molar refractivity (Wildman–Crippen MR) is 109 cm³/mol. The zero-order valence-electron chi connectivity index (χ0n) is 18.3. The summed E-state index contributed by atoms with van der Waals surface area (Å²) in [5.41, 5.74) is 0. The average Bonchev–Trinajstić information content (AvgIpc) is 2.58. The summed E-state index contributed by atoms with van der Waals surface area (Å²) in [6.07, 6.45) is 16.3. The van der Waals surface area contributed by atoms with Crippen molar-refractivity contribution in [2.75, 3.05) is 0 Å². The van der Waals surface area contributed by atoms with Gasteiger partial charge in [-0.25, -0.2) is 8.42 Å². The van der Waals surface area contributed by atoms with Crippen LogP contribution in [-0.2, 0) is 10.1 Å². The van der Waals surface area contributed by atoms with Crippen molar-refractivity contribution in [1.82, 2.24) is 0 Å². The molecule has 0 fully saturated rings. The standard InChI is InChI=1S/C21H44O4S.K/c1-3-5-7-9-10-11-13-18-21(26(23,24)25)19-15-14-17-20(22)16-12-8-6-4-2;/h20-22H,3-19H2,1-2H3,(H,23,24,25);/q;+1/p-1. The molecule has 0 aliphatic rings. The first-order valence-corrected chi connectivity index (χ1v) is 12.5. The van der Waals surface area contributed by atoms with Gasteiger partial charge < -0.3 is 9.66 Å². The van der Waals surface area contributed by atoms with Gasteiger partial charge in [-0.3, -0.25) is 0 Å². The van der Waals surface area contributed by atoms with Crippen LogP contribution < -0.4 is 51.4 Å². The Morgan fingerprint density at radius 2 is 1.00 bits per heavy atom. The van der Waals surface area contributed by atoms with Crippen LogP contribution in [0.4, 0.5) is 0 Å². The predicted octanol–water partition coefficient (Wildman–Crippen LogP) is 2.94. The van der Waals surface area contributed by atoms with E-state index < -0.39 is 15.4 Å². The Balaban J connectivity index is 0. The smallest absolute Gasteiger partial charge is 0.748 e. The number of aliphatic hydroxyl groups excluding tert-OH is 1. The Morgan fingerprint density at radius 1 is 0.667 bits per heavy atom. The van der Waals surface area contributed by atoms with Gasteiger partial charge in [0, 0.05) is 5.25 Å². The minimum Gasteiger partial charge on any atom is -0.748 e. The molecule has 0 amide bonds. The maximum absolute atomic E-state index is 11.5. The molecule has 6 heteroatoms. The van der Waals surface area contributed by atoms with Crippen molar-refractivity contribution in [3.05, 3.63) is 0 Å². The third-order valence-corrected chi connectivity index (χ3v) is 6.53. The van der Waals surface area contributed by atoms with E-state index in [9.17, 15) is 18.1 Å². The molecule has 0 spiro atoms. The summed E-state index contributed by atoms with van der Waals surface area (Å²) in [5.74, 6) is 0. The van der Waals surface area contributed by atoms with Crippen molar-refractivity contribution >= 4 is 10.1 Å². The Morgan fingerprint density at radius 3 is 1.48 bits per heavy atom. The van der Waals surface area contributed by atoms with Crippen molar-refractivity contribution in [2.24, 2.45) is 0 Å². The number of rotatable bonds is 19.